The van der Waals surface area contributed by atoms with E-state index in [4.69, 9.17) is 9.47 Å². The van der Waals surface area contributed by atoms with Gasteiger partial charge in [0, 0.05) is 22.3 Å². The molecule has 8 atom stereocenters. The number of Topliss-reactive ketones (excluding diaryl/α,β-unsaturated/α-hetero) is 4. The number of benzene rings is 5. The fraction of sp³-hybridized carbons (Fsp3) is 0.190. The summed E-state index contributed by atoms with van der Waals surface area (Å²) in [6.07, 6.45) is -2.54. The summed E-state index contributed by atoms with van der Waals surface area (Å²) in [6, 6.07) is 40.2. The molecule has 6 heteroatoms. The highest BCUT2D eigenvalue weighted by Gasteiger charge is 2.62. The minimum absolute atomic E-state index is 0.132. The number of ether oxygens (including phenoxy) is 2. The lowest BCUT2D eigenvalue weighted by Gasteiger charge is -2.32. The molecule has 4 heterocycles. The van der Waals surface area contributed by atoms with Crippen molar-refractivity contribution in [3.05, 3.63) is 178 Å². The van der Waals surface area contributed by atoms with Gasteiger partial charge in [-0.2, -0.15) is 0 Å². The van der Waals surface area contributed by atoms with E-state index in [9.17, 15) is 19.2 Å². The lowest BCUT2D eigenvalue weighted by Crippen LogP contribution is -2.36. The quantitative estimate of drug-likeness (QED) is 0.162. The predicted molar refractivity (Wildman–Crippen MR) is 177 cm³/mol. The highest BCUT2D eigenvalue weighted by atomic mass is 16.5. The summed E-state index contributed by atoms with van der Waals surface area (Å²) in [6.45, 7) is 0. The summed E-state index contributed by atoms with van der Waals surface area (Å²) in [4.78, 5) is 56.7. The summed E-state index contributed by atoms with van der Waals surface area (Å²) in [5, 5.41) is 0. The predicted octanol–water partition coefficient (Wildman–Crippen LogP) is 7.94. The van der Waals surface area contributed by atoms with Crippen LogP contribution in [0.4, 0.5) is 0 Å². The molecule has 6 nitrogen and oxygen atoms in total. The molecule has 4 aliphatic heterocycles. The molecular weight excluding hydrogens is 600 g/mol. The van der Waals surface area contributed by atoms with Crippen molar-refractivity contribution >= 4 is 23.1 Å². The highest BCUT2D eigenvalue weighted by molar-refractivity contribution is 6.07. The molecule has 0 aromatic heterocycles. The first kappa shape index (κ1) is 28.9. The van der Waals surface area contributed by atoms with E-state index in [1.165, 1.54) is 0 Å². The molecule has 5 aromatic rings. The van der Waals surface area contributed by atoms with Gasteiger partial charge in [-0.25, -0.2) is 0 Å². The van der Waals surface area contributed by atoms with Crippen LogP contribution in [-0.2, 0) is 9.47 Å². The van der Waals surface area contributed by atoms with Crippen molar-refractivity contribution in [1.29, 1.82) is 0 Å². The zero-order chi connectivity index (χ0) is 32.5. The molecule has 9 rings (SSSR count). The Morgan fingerprint density at radius 1 is 0.333 bits per heavy atom. The van der Waals surface area contributed by atoms with Crippen molar-refractivity contribution in [2.45, 2.75) is 24.4 Å². The van der Waals surface area contributed by atoms with Crippen LogP contribution in [-0.4, -0.2) is 23.1 Å². The van der Waals surface area contributed by atoms with Crippen molar-refractivity contribution < 1.29 is 28.7 Å². The van der Waals surface area contributed by atoms with E-state index in [2.05, 4.69) is 0 Å². The molecule has 0 amide bonds. The van der Waals surface area contributed by atoms with Gasteiger partial charge < -0.3 is 9.47 Å². The smallest absolute Gasteiger partial charge is 0.169 e. The minimum Gasteiger partial charge on any atom is -0.364 e. The Labute approximate surface area is 277 Å². The molecule has 4 bridgehead atoms. The second-order valence-electron chi connectivity index (χ2n) is 13.1. The first-order chi connectivity index (χ1) is 23.5. The molecule has 0 aliphatic carbocycles. The molecule has 234 valence electrons. The zero-order valence-electron chi connectivity index (χ0n) is 25.8. The van der Waals surface area contributed by atoms with Gasteiger partial charge in [-0.3, -0.25) is 19.2 Å². The van der Waals surface area contributed by atoms with E-state index in [-0.39, 0.29) is 23.1 Å². The Balaban J connectivity index is 1.16. The second kappa shape index (κ2) is 11.2. The standard InChI is InChI=1S/C42H30O6/c43-35(23-13-5-1-6-14-23)31-32(36(44)24-15-7-2-8-16-24)40-28-22-30-29(21-27(28)39(31)47-40)41-33(37(45)25-17-9-3-10-18-25)34(42(30)48-41)38(46)26-19-11-4-12-20-26/h1-22,31-34,39-42H/t31-,32-,33-,34+,39+,40+,41-,42-/m0/s1. The number of hydrogen-bond donors (Lipinski definition) is 0. The summed E-state index contributed by atoms with van der Waals surface area (Å²) in [7, 11) is 0. The van der Waals surface area contributed by atoms with Gasteiger partial charge in [0.25, 0.3) is 0 Å². The summed E-state index contributed by atoms with van der Waals surface area (Å²) < 4.78 is 13.2. The van der Waals surface area contributed by atoms with E-state index in [1.807, 2.05) is 84.9 Å². The van der Waals surface area contributed by atoms with Gasteiger partial charge in [0.2, 0.25) is 0 Å². The van der Waals surface area contributed by atoms with Gasteiger partial charge in [0.15, 0.2) is 23.1 Å². The SMILES string of the molecule is O=C(c1ccccc1)[C@@H]1[C@@H](C(=O)c2ccccc2)[C@@H]2O[C@@H]1c1cc3c(cc12)[C@@H]1O[C@@H]3[C@H](C(=O)c2ccccc2)[C@@H]1C(=O)c1ccccc1. The zero-order valence-corrected chi connectivity index (χ0v) is 25.8. The van der Waals surface area contributed by atoms with Crippen LogP contribution in [0.15, 0.2) is 133 Å². The largest absolute Gasteiger partial charge is 0.364 e. The topological polar surface area (TPSA) is 86.7 Å². The van der Waals surface area contributed by atoms with Gasteiger partial charge in [0.1, 0.15) is 0 Å². The summed E-state index contributed by atoms with van der Waals surface area (Å²) in [5.41, 5.74) is 5.51. The van der Waals surface area contributed by atoms with Crippen LogP contribution in [0.5, 0.6) is 0 Å². The first-order valence-corrected chi connectivity index (χ1v) is 16.4. The Morgan fingerprint density at radius 2 is 0.542 bits per heavy atom. The highest BCUT2D eigenvalue weighted by Crippen LogP contribution is 2.64. The molecule has 4 aliphatic rings. The molecule has 5 aromatic carbocycles. The van der Waals surface area contributed by atoms with Crippen molar-refractivity contribution in [3.63, 3.8) is 0 Å². The van der Waals surface area contributed by atoms with Crippen molar-refractivity contribution in [2.24, 2.45) is 23.7 Å². The maximum Gasteiger partial charge on any atom is 0.169 e. The minimum atomic E-state index is -0.718. The average Bonchev–Trinajstić information content (AvgIpc) is 3.92. The van der Waals surface area contributed by atoms with Crippen molar-refractivity contribution in [3.8, 4) is 0 Å². The van der Waals surface area contributed by atoms with Gasteiger partial charge in [-0.15, -0.1) is 0 Å². The van der Waals surface area contributed by atoms with E-state index >= 15 is 0 Å². The molecule has 0 N–H and O–H groups in total. The average molecular weight is 631 g/mol. The van der Waals surface area contributed by atoms with Crippen LogP contribution in [0.25, 0.3) is 0 Å². The number of ketones is 4. The van der Waals surface area contributed by atoms with E-state index in [1.54, 1.807) is 48.5 Å². The van der Waals surface area contributed by atoms with E-state index < -0.39 is 48.1 Å². The number of carbonyl (C=O) groups excluding carboxylic acids is 4. The molecular formula is C42H30O6. The molecule has 0 radical (unpaired) electrons. The van der Waals surface area contributed by atoms with Crippen molar-refractivity contribution in [1.82, 2.24) is 0 Å². The Hall–Kier alpha value is -5.30. The molecule has 0 saturated carbocycles. The van der Waals surface area contributed by atoms with E-state index in [0.717, 1.165) is 22.3 Å². The molecule has 2 fully saturated rings. The van der Waals surface area contributed by atoms with Crippen LogP contribution in [0.2, 0.25) is 0 Å². The maximum absolute atomic E-state index is 14.2. The van der Waals surface area contributed by atoms with Crippen LogP contribution >= 0.6 is 0 Å². The van der Waals surface area contributed by atoms with Gasteiger partial charge in [-0.1, -0.05) is 121 Å². The normalized spacial score (nSPS) is 27.3. The second-order valence-corrected chi connectivity index (χ2v) is 13.1. The Bertz CT molecular complexity index is 1790. The molecule has 0 unspecified atom stereocenters. The molecule has 48 heavy (non-hydrogen) atoms. The maximum atomic E-state index is 14.2. The number of carbonyl (C=O) groups is 4. The van der Waals surface area contributed by atoms with Gasteiger partial charge in [-0.05, 0) is 34.4 Å². The number of rotatable bonds is 8. The monoisotopic (exact) mass is 630 g/mol. The van der Waals surface area contributed by atoms with Crippen LogP contribution in [0.1, 0.15) is 88.1 Å². The number of hydrogen-bond acceptors (Lipinski definition) is 6. The Kier molecular flexibility index (Phi) is 6.71. The summed E-state index contributed by atoms with van der Waals surface area (Å²) in [5.74, 6) is -3.40. The Morgan fingerprint density at radius 3 is 0.750 bits per heavy atom. The summed E-state index contributed by atoms with van der Waals surface area (Å²) >= 11 is 0. The third-order valence-corrected chi connectivity index (χ3v) is 10.6. The molecule has 0 spiro atoms. The lowest BCUT2D eigenvalue weighted by molar-refractivity contribution is 0.0476. The van der Waals surface area contributed by atoms with Crippen LogP contribution in [0.3, 0.4) is 0 Å². The van der Waals surface area contributed by atoms with Crippen molar-refractivity contribution in [2.75, 3.05) is 0 Å². The van der Waals surface area contributed by atoms with Gasteiger partial charge >= 0.3 is 0 Å². The van der Waals surface area contributed by atoms with Crippen LogP contribution in [0, 0.1) is 23.7 Å². The van der Waals surface area contributed by atoms with E-state index in [0.29, 0.717) is 22.3 Å². The third-order valence-electron chi connectivity index (χ3n) is 10.6. The fourth-order valence-electron chi connectivity index (χ4n) is 8.51. The van der Waals surface area contributed by atoms with Gasteiger partial charge in [0.05, 0.1) is 48.1 Å². The fourth-order valence-corrected chi connectivity index (χ4v) is 8.51. The number of fused-ring (bicyclic) bond motifs is 10. The van der Waals surface area contributed by atoms with Crippen LogP contribution < -0.4 is 0 Å². The molecule has 2 saturated heterocycles. The third kappa shape index (κ3) is 4.26. The first-order valence-electron chi connectivity index (χ1n) is 16.4. The lowest BCUT2D eigenvalue weighted by atomic mass is 9.66.